The maximum Gasteiger partial charge on any atom is 0.311 e. The summed E-state index contributed by atoms with van der Waals surface area (Å²) in [6.07, 6.45) is 8.50. The van der Waals surface area contributed by atoms with Gasteiger partial charge in [0, 0.05) is 24.3 Å². The van der Waals surface area contributed by atoms with Crippen LogP contribution in [0.25, 0.3) is 0 Å². The molecule has 1 aromatic heterocycles. The number of hydrogen-bond acceptors (Lipinski definition) is 3. The summed E-state index contributed by atoms with van der Waals surface area (Å²) in [5.41, 5.74) is 1.91. The molecular weight excluding hydrogens is 306 g/mol. The van der Waals surface area contributed by atoms with Crippen LogP contribution in [-0.4, -0.2) is 45.2 Å². The van der Waals surface area contributed by atoms with Crippen molar-refractivity contribution in [2.75, 3.05) is 13.1 Å². The molecule has 1 aromatic rings. The van der Waals surface area contributed by atoms with Gasteiger partial charge in [0.15, 0.2) is 5.69 Å². The fourth-order valence-electron chi connectivity index (χ4n) is 4.42. The lowest BCUT2D eigenvalue weighted by Gasteiger charge is -2.40. The Morgan fingerprint density at radius 2 is 2.04 bits per heavy atom. The number of carboxylic acid groups (broad SMARTS) is 1. The van der Waals surface area contributed by atoms with Crippen LogP contribution >= 0.6 is 0 Å². The maximum atomic E-state index is 13.0. The molecule has 6 nitrogen and oxygen atoms in total. The fourth-order valence-corrected chi connectivity index (χ4v) is 4.42. The Labute approximate surface area is 141 Å². The van der Waals surface area contributed by atoms with Crippen molar-refractivity contribution in [2.24, 2.45) is 11.3 Å². The first-order chi connectivity index (χ1) is 11.6. The molecule has 24 heavy (non-hydrogen) atoms. The Kier molecular flexibility index (Phi) is 3.85. The lowest BCUT2D eigenvalue weighted by Crippen LogP contribution is -2.50. The summed E-state index contributed by atoms with van der Waals surface area (Å²) in [4.78, 5) is 26.7. The molecule has 0 spiro atoms. The van der Waals surface area contributed by atoms with Gasteiger partial charge in [0.25, 0.3) is 5.91 Å². The first-order valence-corrected chi connectivity index (χ1v) is 9.18. The molecule has 1 aliphatic heterocycles. The molecule has 0 unspecified atom stereocenters. The number of aromatic nitrogens is 2. The molecule has 4 rings (SSSR count). The number of piperidine rings is 1. The van der Waals surface area contributed by atoms with E-state index in [4.69, 9.17) is 0 Å². The van der Waals surface area contributed by atoms with Crippen LogP contribution in [0.5, 0.6) is 0 Å². The Morgan fingerprint density at radius 3 is 2.79 bits per heavy atom. The average molecular weight is 331 g/mol. The van der Waals surface area contributed by atoms with Gasteiger partial charge in [0.05, 0.1) is 5.41 Å². The van der Waals surface area contributed by atoms with Crippen molar-refractivity contribution in [3.63, 3.8) is 0 Å². The number of likely N-dealkylation sites (tertiary alicyclic amines) is 1. The standard InChI is InChI=1S/C18H25N3O3/c22-16(15-13-4-1-2-5-14(13)19-20-15)21-9-3-8-18(11-21,17(23)24)10-12-6-7-12/h12H,1-11H2,(H,19,20)(H,23,24)/t18-/m1/s1. The highest BCUT2D eigenvalue weighted by molar-refractivity contribution is 5.94. The summed E-state index contributed by atoms with van der Waals surface area (Å²) in [7, 11) is 0. The van der Waals surface area contributed by atoms with Crippen molar-refractivity contribution < 1.29 is 14.7 Å². The van der Waals surface area contributed by atoms with Gasteiger partial charge >= 0.3 is 5.97 Å². The van der Waals surface area contributed by atoms with Gasteiger partial charge in [0.1, 0.15) is 0 Å². The second kappa shape index (κ2) is 5.90. The van der Waals surface area contributed by atoms with E-state index in [2.05, 4.69) is 10.2 Å². The maximum absolute atomic E-state index is 13.0. The number of fused-ring (bicyclic) bond motifs is 1. The molecule has 0 bridgehead atoms. The third kappa shape index (κ3) is 2.72. The van der Waals surface area contributed by atoms with Crippen molar-refractivity contribution in [1.82, 2.24) is 15.1 Å². The minimum Gasteiger partial charge on any atom is -0.481 e. The number of aromatic amines is 1. The van der Waals surface area contributed by atoms with E-state index in [9.17, 15) is 14.7 Å². The normalized spacial score (nSPS) is 26.9. The van der Waals surface area contributed by atoms with E-state index in [1.54, 1.807) is 4.90 Å². The number of hydrogen-bond donors (Lipinski definition) is 2. The van der Waals surface area contributed by atoms with E-state index in [0.29, 0.717) is 37.5 Å². The molecule has 2 heterocycles. The molecule has 1 saturated carbocycles. The number of amides is 1. The zero-order valence-corrected chi connectivity index (χ0v) is 14.0. The number of aryl methyl sites for hydroxylation is 1. The number of carbonyl (C=O) groups is 2. The second-order valence-electron chi connectivity index (χ2n) is 7.80. The van der Waals surface area contributed by atoms with Crippen molar-refractivity contribution in [1.29, 1.82) is 0 Å². The molecule has 3 aliphatic rings. The minimum atomic E-state index is -0.758. The summed E-state index contributed by atoms with van der Waals surface area (Å²) < 4.78 is 0. The van der Waals surface area contributed by atoms with Gasteiger partial charge in [-0.25, -0.2) is 0 Å². The number of rotatable bonds is 4. The fraction of sp³-hybridized carbons (Fsp3) is 0.722. The van der Waals surface area contributed by atoms with Gasteiger partial charge in [0.2, 0.25) is 0 Å². The van der Waals surface area contributed by atoms with Crippen LogP contribution in [0.1, 0.15) is 66.7 Å². The molecule has 0 aromatic carbocycles. The van der Waals surface area contributed by atoms with Crippen LogP contribution < -0.4 is 0 Å². The number of nitrogens with one attached hydrogen (secondary N) is 1. The SMILES string of the molecule is O=C(c1n[nH]c2c1CCCC2)N1CCC[C@](CC2CC2)(C(=O)O)C1. The highest BCUT2D eigenvalue weighted by Crippen LogP contribution is 2.45. The van der Waals surface area contributed by atoms with Gasteiger partial charge in [-0.05, 0) is 50.9 Å². The van der Waals surface area contributed by atoms with Crippen molar-refractivity contribution in [2.45, 2.75) is 57.8 Å². The summed E-state index contributed by atoms with van der Waals surface area (Å²) in [5.74, 6) is -0.291. The zero-order valence-electron chi connectivity index (χ0n) is 14.0. The van der Waals surface area contributed by atoms with Crippen LogP contribution in [0.15, 0.2) is 0 Å². The van der Waals surface area contributed by atoms with Crippen molar-refractivity contribution >= 4 is 11.9 Å². The number of carbonyl (C=O) groups excluding carboxylic acids is 1. The van der Waals surface area contributed by atoms with Crippen LogP contribution in [0.2, 0.25) is 0 Å². The summed E-state index contributed by atoms with van der Waals surface area (Å²) in [6, 6.07) is 0. The Hall–Kier alpha value is -1.85. The highest BCUT2D eigenvalue weighted by Gasteiger charge is 2.47. The molecule has 6 heteroatoms. The van der Waals surface area contributed by atoms with Crippen LogP contribution in [0, 0.1) is 11.3 Å². The van der Waals surface area contributed by atoms with E-state index in [1.807, 2.05) is 0 Å². The number of carboxylic acids is 1. The van der Waals surface area contributed by atoms with Crippen molar-refractivity contribution in [3.05, 3.63) is 17.0 Å². The van der Waals surface area contributed by atoms with Gasteiger partial charge in [-0.3, -0.25) is 14.7 Å². The van der Waals surface area contributed by atoms with Crippen LogP contribution in [-0.2, 0) is 17.6 Å². The predicted octanol–water partition coefficient (Wildman–Crippen LogP) is 2.40. The van der Waals surface area contributed by atoms with E-state index >= 15 is 0 Å². The Morgan fingerprint density at radius 1 is 1.25 bits per heavy atom. The molecule has 130 valence electrons. The molecular formula is C18H25N3O3. The highest BCUT2D eigenvalue weighted by atomic mass is 16.4. The van der Waals surface area contributed by atoms with E-state index in [0.717, 1.165) is 56.2 Å². The van der Waals surface area contributed by atoms with Gasteiger partial charge < -0.3 is 10.0 Å². The predicted molar refractivity (Wildman–Crippen MR) is 87.8 cm³/mol. The number of nitrogens with zero attached hydrogens (tertiary/aromatic N) is 2. The second-order valence-corrected chi connectivity index (χ2v) is 7.80. The Bertz CT molecular complexity index is 664. The van der Waals surface area contributed by atoms with Gasteiger partial charge in [-0.2, -0.15) is 5.10 Å². The van der Waals surface area contributed by atoms with Gasteiger partial charge in [-0.15, -0.1) is 0 Å². The summed E-state index contributed by atoms with van der Waals surface area (Å²) in [5, 5.41) is 17.1. The number of H-pyrrole nitrogens is 1. The quantitative estimate of drug-likeness (QED) is 0.887. The molecule has 2 fully saturated rings. The van der Waals surface area contributed by atoms with Gasteiger partial charge in [-0.1, -0.05) is 12.8 Å². The molecule has 2 N–H and O–H groups in total. The molecule has 2 aliphatic carbocycles. The van der Waals surface area contributed by atoms with Crippen molar-refractivity contribution in [3.8, 4) is 0 Å². The lowest BCUT2D eigenvalue weighted by atomic mass is 9.75. The van der Waals surface area contributed by atoms with Crippen LogP contribution in [0.3, 0.4) is 0 Å². The zero-order chi connectivity index (χ0) is 16.7. The van der Waals surface area contributed by atoms with E-state index < -0.39 is 11.4 Å². The minimum absolute atomic E-state index is 0.0875. The number of aliphatic carboxylic acids is 1. The molecule has 1 atom stereocenters. The van der Waals surface area contributed by atoms with Crippen LogP contribution in [0.4, 0.5) is 0 Å². The first-order valence-electron chi connectivity index (χ1n) is 9.18. The summed E-state index contributed by atoms with van der Waals surface area (Å²) in [6.45, 7) is 0.972. The third-order valence-corrected chi connectivity index (χ3v) is 5.95. The average Bonchev–Trinajstić information content (AvgIpc) is 3.29. The van der Waals surface area contributed by atoms with E-state index in [-0.39, 0.29) is 5.91 Å². The smallest absolute Gasteiger partial charge is 0.311 e. The monoisotopic (exact) mass is 331 g/mol. The summed E-state index contributed by atoms with van der Waals surface area (Å²) >= 11 is 0. The Balaban J connectivity index is 1.55. The first kappa shape index (κ1) is 15.7. The molecule has 0 radical (unpaired) electrons. The van der Waals surface area contributed by atoms with E-state index in [1.165, 1.54) is 0 Å². The largest absolute Gasteiger partial charge is 0.481 e. The molecule has 1 amide bonds. The third-order valence-electron chi connectivity index (χ3n) is 5.95. The lowest BCUT2D eigenvalue weighted by molar-refractivity contribution is -0.152. The molecule has 1 saturated heterocycles. The topological polar surface area (TPSA) is 86.3 Å².